The van der Waals surface area contributed by atoms with Crippen molar-refractivity contribution in [2.24, 2.45) is 0 Å². The molecule has 5 nitrogen and oxygen atoms in total. The van der Waals surface area contributed by atoms with Crippen molar-refractivity contribution in [3.63, 3.8) is 0 Å². The first-order chi connectivity index (χ1) is 14.6. The third-order valence-corrected chi connectivity index (χ3v) is 7.32. The number of nitrogens with one attached hydrogen (secondary N) is 2. The monoisotopic (exact) mass is 427 g/mol. The molecular formula is C23H26FN3O2S. The van der Waals surface area contributed by atoms with Gasteiger partial charge >= 0.3 is 0 Å². The molecule has 1 aromatic carbocycles. The molecule has 1 fully saturated rings. The molecule has 0 bridgehead atoms. The van der Waals surface area contributed by atoms with E-state index in [1.165, 1.54) is 23.4 Å². The van der Waals surface area contributed by atoms with Gasteiger partial charge in [0.1, 0.15) is 16.9 Å². The van der Waals surface area contributed by atoms with Gasteiger partial charge in [0.2, 0.25) is 5.91 Å². The molecule has 0 spiro atoms. The summed E-state index contributed by atoms with van der Waals surface area (Å²) >= 11 is 1.54. The van der Waals surface area contributed by atoms with E-state index >= 15 is 0 Å². The molecule has 0 unspecified atom stereocenters. The summed E-state index contributed by atoms with van der Waals surface area (Å²) in [7, 11) is 0. The first kappa shape index (κ1) is 21.0. The van der Waals surface area contributed by atoms with Crippen LogP contribution in [0.2, 0.25) is 0 Å². The van der Waals surface area contributed by atoms with Crippen molar-refractivity contribution in [3.05, 3.63) is 51.7 Å². The number of anilines is 1. The van der Waals surface area contributed by atoms with Crippen molar-refractivity contribution in [2.75, 3.05) is 25.1 Å². The lowest BCUT2D eigenvalue weighted by Crippen LogP contribution is -2.49. The standard InChI is InChI=1S/C23H26FN3O2S/c24-17-8-6-16(7-9-17)23(10-12-29-13-11-23)26-15-21(28)27-22-19(14-25)18-4-2-1-3-5-20(18)30-22/h6-9,26H,1-5,10-13,15H2,(H,27,28). The Labute approximate surface area is 180 Å². The lowest BCUT2D eigenvalue weighted by atomic mass is 9.82. The van der Waals surface area contributed by atoms with Crippen LogP contribution in [0, 0.1) is 17.1 Å². The molecular weight excluding hydrogens is 401 g/mol. The summed E-state index contributed by atoms with van der Waals surface area (Å²) in [4.78, 5) is 14.0. The first-order valence-electron chi connectivity index (χ1n) is 10.5. The molecule has 2 aromatic rings. The molecule has 1 aromatic heterocycles. The van der Waals surface area contributed by atoms with E-state index in [0.29, 0.717) is 36.6 Å². The van der Waals surface area contributed by atoms with Gasteiger partial charge in [0, 0.05) is 23.6 Å². The predicted octanol–water partition coefficient (Wildman–Crippen LogP) is 4.26. The minimum atomic E-state index is -0.423. The highest BCUT2D eigenvalue weighted by molar-refractivity contribution is 7.16. The van der Waals surface area contributed by atoms with Gasteiger partial charge in [-0.2, -0.15) is 5.26 Å². The normalized spacial score (nSPS) is 18.1. The molecule has 7 heteroatoms. The van der Waals surface area contributed by atoms with Crippen molar-refractivity contribution >= 4 is 22.2 Å². The Morgan fingerprint density at radius 3 is 2.63 bits per heavy atom. The van der Waals surface area contributed by atoms with Gasteiger partial charge in [-0.25, -0.2) is 4.39 Å². The van der Waals surface area contributed by atoms with Gasteiger partial charge in [-0.05, 0) is 61.8 Å². The smallest absolute Gasteiger partial charge is 0.238 e. The SMILES string of the molecule is N#Cc1c(NC(=O)CNC2(c3ccc(F)cc3)CCOCC2)sc2c1CCCCC2. The second kappa shape index (κ2) is 9.25. The van der Waals surface area contributed by atoms with E-state index in [1.807, 2.05) is 0 Å². The van der Waals surface area contributed by atoms with E-state index in [2.05, 4.69) is 16.7 Å². The Morgan fingerprint density at radius 1 is 1.17 bits per heavy atom. The Morgan fingerprint density at radius 2 is 1.90 bits per heavy atom. The van der Waals surface area contributed by atoms with Crippen LogP contribution < -0.4 is 10.6 Å². The van der Waals surface area contributed by atoms with Gasteiger partial charge in [-0.15, -0.1) is 11.3 Å². The van der Waals surface area contributed by atoms with E-state index in [-0.39, 0.29) is 18.3 Å². The quantitative estimate of drug-likeness (QED) is 0.699. The molecule has 0 radical (unpaired) electrons. The number of thiophene rings is 1. The van der Waals surface area contributed by atoms with Crippen LogP contribution >= 0.6 is 11.3 Å². The minimum absolute atomic E-state index is 0.116. The van der Waals surface area contributed by atoms with E-state index < -0.39 is 5.54 Å². The third-order valence-electron chi connectivity index (χ3n) is 6.12. The Balaban J connectivity index is 1.47. The van der Waals surface area contributed by atoms with Gasteiger partial charge in [0.25, 0.3) is 0 Å². The Hall–Kier alpha value is -2.27. The molecule has 4 rings (SSSR count). The number of amides is 1. The summed E-state index contributed by atoms with van der Waals surface area (Å²) in [6, 6.07) is 8.75. The average molecular weight is 428 g/mol. The highest BCUT2D eigenvalue weighted by atomic mass is 32.1. The largest absolute Gasteiger partial charge is 0.381 e. The number of ether oxygens (including phenoxy) is 1. The van der Waals surface area contributed by atoms with E-state index in [1.54, 1.807) is 23.5 Å². The van der Waals surface area contributed by atoms with Crippen LogP contribution in [-0.2, 0) is 27.9 Å². The van der Waals surface area contributed by atoms with E-state index in [4.69, 9.17) is 4.74 Å². The number of hydrogen-bond acceptors (Lipinski definition) is 5. The average Bonchev–Trinajstić information content (AvgIpc) is 2.92. The van der Waals surface area contributed by atoms with Crippen molar-refractivity contribution < 1.29 is 13.9 Å². The fourth-order valence-corrected chi connectivity index (χ4v) is 5.68. The number of halogens is 1. The van der Waals surface area contributed by atoms with Crippen LogP contribution in [0.5, 0.6) is 0 Å². The number of rotatable bonds is 5. The zero-order valence-corrected chi connectivity index (χ0v) is 17.7. The zero-order chi connectivity index (χ0) is 21.0. The predicted molar refractivity (Wildman–Crippen MR) is 115 cm³/mol. The minimum Gasteiger partial charge on any atom is -0.381 e. The van der Waals surface area contributed by atoms with Crippen molar-refractivity contribution in [2.45, 2.75) is 50.5 Å². The Kier molecular flexibility index (Phi) is 6.47. The maximum atomic E-state index is 13.4. The lowest BCUT2D eigenvalue weighted by Gasteiger charge is -2.38. The fraction of sp³-hybridized carbons (Fsp3) is 0.478. The molecule has 1 aliphatic heterocycles. The number of benzene rings is 1. The van der Waals surface area contributed by atoms with Crippen LogP contribution in [-0.4, -0.2) is 25.7 Å². The van der Waals surface area contributed by atoms with Crippen LogP contribution in [0.25, 0.3) is 0 Å². The summed E-state index contributed by atoms with van der Waals surface area (Å²) in [5.74, 6) is -0.448. The fourth-order valence-electron chi connectivity index (χ4n) is 4.43. The number of nitriles is 1. The summed E-state index contributed by atoms with van der Waals surface area (Å²) in [6.07, 6.45) is 6.73. The molecule has 1 amide bonds. The van der Waals surface area contributed by atoms with Crippen molar-refractivity contribution in [3.8, 4) is 6.07 Å². The molecule has 30 heavy (non-hydrogen) atoms. The van der Waals surface area contributed by atoms with Gasteiger partial charge < -0.3 is 10.1 Å². The molecule has 158 valence electrons. The highest BCUT2D eigenvalue weighted by Crippen LogP contribution is 2.37. The number of hydrogen-bond donors (Lipinski definition) is 2. The second-order valence-electron chi connectivity index (χ2n) is 7.98. The molecule has 1 aliphatic carbocycles. The molecule has 2 heterocycles. The van der Waals surface area contributed by atoms with Crippen molar-refractivity contribution in [1.82, 2.24) is 5.32 Å². The number of carbonyl (C=O) groups excluding carboxylic acids is 1. The van der Waals surface area contributed by atoms with Gasteiger partial charge in [-0.3, -0.25) is 10.1 Å². The maximum absolute atomic E-state index is 13.4. The highest BCUT2D eigenvalue weighted by Gasteiger charge is 2.34. The number of fused-ring (bicyclic) bond motifs is 1. The first-order valence-corrected chi connectivity index (χ1v) is 11.4. The number of aryl methyl sites for hydroxylation is 1. The zero-order valence-electron chi connectivity index (χ0n) is 16.9. The van der Waals surface area contributed by atoms with Gasteiger partial charge in [0.15, 0.2) is 0 Å². The summed E-state index contributed by atoms with van der Waals surface area (Å²) < 4.78 is 18.9. The molecule has 1 saturated heterocycles. The van der Waals surface area contributed by atoms with Crippen LogP contribution in [0.3, 0.4) is 0 Å². The molecule has 2 aliphatic rings. The second-order valence-corrected chi connectivity index (χ2v) is 9.09. The molecule has 2 N–H and O–H groups in total. The third kappa shape index (κ3) is 4.41. The summed E-state index contributed by atoms with van der Waals surface area (Å²) in [6.45, 7) is 1.29. The summed E-state index contributed by atoms with van der Waals surface area (Å²) in [5.41, 5.74) is 2.29. The summed E-state index contributed by atoms with van der Waals surface area (Å²) in [5, 5.41) is 16.7. The van der Waals surface area contributed by atoms with Gasteiger partial charge in [-0.1, -0.05) is 18.6 Å². The van der Waals surface area contributed by atoms with Crippen molar-refractivity contribution in [1.29, 1.82) is 5.26 Å². The molecule has 0 atom stereocenters. The Bertz CT molecular complexity index is 943. The maximum Gasteiger partial charge on any atom is 0.238 e. The van der Waals surface area contributed by atoms with Crippen LogP contribution in [0.4, 0.5) is 9.39 Å². The lowest BCUT2D eigenvalue weighted by molar-refractivity contribution is -0.116. The topological polar surface area (TPSA) is 74.2 Å². The van der Waals surface area contributed by atoms with Crippen LogP contribution in [0.15, 0.2) is 24.3 Å². The number of nitrogens with zero attached hydrogens (tertiary/aromatic N) is 1. The molecule has 0 saturated carbocycles. The van der Waals surface area contributed by atoms with Crippen LogP contribution in [0.1, 0.15) is 53.7 Å². The van der Waals surface area contributed by atoms with E-state index in [0.717, 1.165) is 36.8 Å². The van der Waals surface area contributed by atoms with Gasteiger partial charge in [0.05, 0.1) is 12.1 Å². The van der Waals surface area contributed by atoms with E-state index in [9.17, 15) is 14.4 Å². The number of carbonyl (C=O) groups is 1.